The summed E-state index contributed by atoms with van der Waals surface area (Å²) in [6, 6.07) is 10.5. The molecule has 4 amide bonds. The highest BCUT2D eigenvalue weighted by atomic mass is 35.5. The number of aldehydes is 1. The highest BCUT2D eigenvalue weighted by molar-refractivity contribution is 7.17. The van der Waals surface area contributed by atoms with Crippen molar-refractivity contribution in [2.45, 2.75) is 71.1 Å². The molecule has 2 unspecified atom stereocenters. The number of rotatable bonds is 13. The smallest absolute Gasteiger partial charge is 0.254 e. The summed E-state index contributed by atoms with van der Waals surface area (Å²) >= 11 is 7.73. The summed E-state index contributed by atoms with van der Waals surface area (Å²) in [5.74, 6) is -1.70. The van der Waals surface area contributed by atoms with Crippen molar-refractivity contribution in [3.63, 3.8) is 0 Å². The second kappa shape index (κ2) is 16.4. The molecule has 0 spiro atoms. The molecule has 3 heterocycles. The lowest BCUT2D eigenvalue weighted by Crippen LogP contribution is -2.52. The van der Waals surface area contributed by atoms with Crippen molar-refractivity contribution in [3.8, 4) is 0 Å². The third kappa shape index (κ3) is 8.52. The molecule has 15 heteroatoms. The van der Waals surface area contributed by atoms with Crippen LogP contribution in [0, 0.1) is 19.3 Å². The number of halogens is 1. The van der Waals surface area contributed by atoms with E-state index in [2.05, 4.69) is 21.3 Å². The van der Waals surface area contributed by atoms with E-state index in [1.165, 1.54) is 6.07 Å². The molecular weight excluding hydrogens is 692 g/mol. The van der Waals surface area contributed by atoms with E-state index in [1.807, 2.05) is 32.9 Å². The van der Waals surface area contributed by atoms with Gasteiger partial charge in [0, 0.05) is 51.8 Å². The number of benzene rings is 2. The molecule has 0 aliphatic carbocycles. The zero-order valence-corrected chi connectivity index (χ0v) is 30.2. The van der Waals surface area contributed by atoms with Crippen LogP contribution < -0.4 is 31.9 Å². The molecule has 1 fully saturated rings. The largest absolute Gasteiger partial charge is 0.384 e. The van der Waals surface area contributed by atoms with Crippen LogP contribution in [0.4, 0.5) is 10.7 Å². The van der Waals surface area contributed by atoms with E-state index in [4.69, 9.17) is 27.7 Å². The molecule has 0 saturated carbocycles. The molecule has 0 bridgehead atoms. The molecule has 5 rings (SSSR count). The van der Waals surface area contributed by atoms with Crippen LogP contribution in [-0.4, -0.2) is 72.8 Å². The lowest BCUT2D eigenvalue weighted by atomic mass is 9.99. The van der Waals surface area contributed by atoms with Gasteiger partial charge in [0.1, 0.15) is 22.9 Å². The zero-order chi connectivity index (χ0) is 36.8. The number of piperidine rings is 1. The Morgan fingerprint density at radius 1 is 1.16 bits per heavy atom. The van der Waals surface area contributed by atoms with Crippen molar-refractivity contribution in [1.82, 2.24) is 16.0 Å². The first-order chi connectivity index (χ1) is 24.4. The number of hydrogen-bond acceptors (Lipinski definition) is 10. The van der Waals surface area contributed by atoms with Crippen LogP contribution >= 0.6 is 22.9 Å². The zero-order valence-electron chi connectivity index (χ0n) is 28.6. The second-order valence-corrected chi connectivity index (χ2v) is 14.2. The third-order valence-corrected chi connectivity index (χ3v) is 10.3. The third-order valence-electron chi connectivity index (χ3n) is 8.82. The van der Waals surface area contributed by atoms with Crippen LogP contribution in [0.1, 0.15) is 81.3 Å². The Kier molecular flexibility index (Phi) is 12.0. The van der Waals surface area contributed by atoms with Crippen molar-refractivity contribution in [1.29, 1.82) is 5.41 Å². The number of aliphatic imine (C=N–C) groups is 1. The van der Waals surface area contributed by atoms with Crippen LogP contribution in [-0.2, 0) is 14.4 Å². The summed E-state index contributed by atoms with van der Waals surface area (Å²) in [7, 11) is 0. The van der Waals surface area contributed by atoms with Gasteiger partial charge in [0.05, 0.1) is 23.9 Å². The van der Waals surface area contributed by atoms with Gasteiger partial charge in [-0.3, -0.25) is 39.7 Å². The fourth-order valence-electron chi connectivity index (χ4n) is 6.06. The monoisotopic (exact) mass is 732 g/mol. The van der Waals surface area contributed by atoms with E-state index in [1.54, 1.807) is 40.5 Å². The Hall–Kier alpha value is -4.92. The number of nitrogens with one attached hydrogen (secondary N) is 5. The Morgan fingerprint density at radius 3 is 2.57 bits per heavy atom. The minimum absolute atomic E-state index is 0.0471. The normalized spacial score (nSPS) is 17.9. The van der Waals surface area contributed by atoms with Gasteiger partial charge in [-0.2, -0.15) is 0 Å². The van der Waals surface area contributed by atoms with Gasteiger partial charge in [-0.1, -0.05) is 35.9 Å². The predicted molar refractivity (Wildman–Crippen MR) is 199 cm³/mol. The number of unbranched alkanes of at least 4 members (excludes halogenated alkanes) is 1. The lowest BCUT2D eigenvalue weighted by Gasteiger charge is -2.29. The van der Waals surface area contributed by atoms with Gasteiger partial charge < -0.3 is 26.6 Å². The number of thiophene rings is 1. The van der Waals surface area contributed by atoms with Crippen molar-refractivity contribution in [3.05, 3.63) is 80.2 Å². The first-order valence-electron chi connectivity index (χ1n) is 16.7. The fraction of sp³-hybridized carbons (Fsp3) is 0.361. The van der Waals surface area contributed by atoms with E-state index in [-0.39, 0.29) is 42.1 Å². The molecule has 13 nitrogen and oxygen atoms in total. The van der Waals surface area contributed by atoms with Crippen LogP contribution in [0.3, 0.4) is 0 Å². The maximum atomic E-state index is 13.2. The van der Waals surface area contributed by atoms with Crippen molar-refractivity contribution < 1.29 is 24.0 Å². The van der Waals surface area contributed by atoms with Gasteiger partial charge in [-0.15, -0.1) is 11.3 Å². The van der Waals surface area contributed by atoms with Gasteiger partial charge in [-0.05, 0) is 63.8 Å². The van der Waals surface area contributed by atoms with Gasteiger partial charge in [-0.25, -0.2) is 0 Å². The molecule has 1 saturated heterocycles. The Balaban J connectivity index is 1.20. The Bertz CT molecular complexity index is 1890. The van der Waals surface area contributed by atoms with Crippen LogP contribution in [0.2, 0.25) is 5.02 Å². The van der Waals surface area contributed by atoms with Crippen LogP contribution in [0.15, 0.2) is 47.5 Å². The minimum atomic E-state index is -0.884. The van der Waals surface area contributed by atoms with Crippen LogP contribution in [0.5, 0.6) is 0 Å². The lowest BCUT2D eigenvalue weighted by molar-refractivity contribution is -0.134. The molecule has 1 aromatic heterocycles. The summed E-state index contributed by atoms with van der Waals surface area (Å²) in [6.07, 6.45) is 1.50. The number of nitrogens with zero attached hydrogens (tertiary/aromatic N) is 2. The Morgan fingerprint density at radius 2 is 1.88 bits per heavy atom. The average molecular weight is 733 g/mol. The molecule has 0 radical (unpaired) electrons. The van der Waals surface area contributed by atoms with Gasteiger partial charge in [0.15, 0.2) is 6.29 Å². The van der Waals surface area contributed by atoms with E-state index in [0.717, 1.165) is 26.6 Å². The number of amidine groups is 1. The number of fused-ring (bicyclic) bond motifs is 1. The maximum absolute atomic E-state index is 13.2. The fourth-order valence-corrected chi connectivity index (χ4v) is 7.45. The molecule has 268 valence electrons. The average Bonchev–Trinajstić information content (AvgIpc) is 3.31. The quantitative estimate of drug-likeness (QED) is 0.0858. The number of nitrogens with two attached hydrogens (primary N) is 1. The Labute approximate surface area is 304 Å². The minimum Gasteiger partial charge on any atom is -0.384 e. The molecule has 2 aliphatic rings. The number of carbonyl (C=O) groups excluding carboxylic acids is 5. The summed E-state index contributed by atoms with van der Waals surface area (Å²) in [6.45, 7) is 6.67. The predicted octanol–water partition coefficient (Wildman–Crippen LogP) is 4.07. The number of hydrogen-bond donors (Lipinski definition) is 6. The summed E-state index contributed by atoms with van der Waals surface area (Å²) in [4.78, 5) is 69.7. The summed E-state index contributed by atoms with van der Waals surface area (Å²) in [5, 5.41) is 21.5. The standard InChI is InChI=1S/C36H41ClN8O5S/c1-19-20(2)51-36-30(19)32(22-9-11-24(37)12-10-22)42-27(33(39)45(36)21(3)38)17-29(48)41-16-5-4-15-40-25-8-6-7-23(18-46)31(25)35(50)43-26-13-14-28(47)44-34(26)49/h6-12,18,21,26-27,39-40H,4-5,13-17,38H2,1-3H3,(H,41,48)(H,43,50)(H,44,47,49)/t21?,26?,27-/m0/s1. The van der Waals surface area contributed by atoms with E-state index in [9.17, 15) is 24.0 Å². The summed E-state index contributed by atoms with van der Waals surface area (Å²) < 4.78 is 0. The first kappa shape index (κ1) is 37.3. The number of anilines is 2. The van der Waals surface area contributed by atoms with E-state index in [0.29, 0.717) is 48.6 Å². The molecule has 51 heavy (non-hydrogen) atoms. The van der Waals surface area contributed by atoms with Crippen molar-refractivity contribution in [2.24, 2.45) is 10.7 Å². The first-order valence-corrected chi connectivity index (χ1v) is 17.9. The number of amides is 4. The number of carbonyl (C=O) groups is 5. The SMILES string of the molecule is Cc1sc2c(c1C)C(c1ccc(Cl)cc1)=N[C@@H](CC(=O)NCCCCNc1cccc(C=O)c1C(=O)NC1CCC(=O)NC1=O)C(=N)N2C(C)N. The van der Waals surface area contributed by atoms with Gasteiger partial charge in [0.25, 0.3) is 5.91 Å². The maximum Gasteiger partial charge on any atom is 0.254 e. The van der Waals surface area contributed by atoms with Crippen LogP contribution in [0.25, 0.3) is 0 Å². The molecular formula is C36H41ClN8O5S. The highest BCUT2D eigenvalue weighted by Gasteiger charge is 2.35. The molecule has 2 aromatic carbocycles. The van der Waals surface area contributed by atoms with Gasteiger partial charge >= 0.3 is 0 Å². The van der Waals surface area contributed by atoms with Crippen molar-refractivity contribution in [2.75, 3.05) is 23.3 Å². The van der Waals surface area contributed by atoms with E-state index < -0.39 is 36.0 Å². The molecule has 3 atom stereocenters. The number of aryl methyl sites for hydroxylation is 1. The summed E-state index contributed by atoms with van der Waals surface area (Å²) in [5.41, 5.74) is 10.6. The highest BCUT2D eigenvalue weighted by Crippen LogP contribution is 2.40. The second-order valence-electron chi connectivity index (χ2n) is 12.5. The molecule has 7 N–H and O–H groups in total. The topological polar surface area (TPSA) is 199 Å². The molecule has 2 aliphatic heterocycles. The van der Waals surface area contributed by atoms with Gasteiger partial charge in [0.2, 0.25) is 17.7 Å². The van der Waals surface area contributed by atoms with Crippen molar-refractivity contribution >= 4 is 75.1 Å². The number of imide groups is 1. The van der Waals surface area contributed by atoms with E-state index >= 15 is 0 Å². The molecule has 3 aromatic rings.